The number of rotatable bonds is 5. The van der Waals surface area contributed by atoms with Gasteiger partial charge in [0.1, 0.15) is 0 Å². The first-order valence-corrected chi connectivity index (χ1v) is 7.76. The highest BCUT2D eigenvalue weighted by molar-refractivity contribution is 5.98. The van der Waals surface area contributed by atoms with E-state index in [9.17, 15) is 14.4 Å². The van der Waals surface area contributed by atoms with Crippen LogP contribution < -0.4 is 11.1 Å². The Balaban J connectivity index is 1.99. The summed E-state index contributed by atoms with van der Waals surface area (Å²) in [5.74, 6) is -1.57. The van der Waals surface area contributed by atoms with Crippen LogP contribution in [0.1, 0.15) is 38.8 Å². The molecule has 6 nitrogen and oxygen atoms in total. The molecular weight excluding hydrogens is 320 g/mol. The van der Waals surface area contributed by atoms with E-state index in [-0.39, 0.29) is 0 Å². The molecule has 0 aromatic heterocycles. The van der Waals surface area contributed by atoms with E-state index in [2.05, 4.69) is 5.32 Å². The first-order valence-electron chi connectivity index (χ1n) is 7.76. The van der Waals surface area contributed by atoms with Gasteiger partial charge in [0, 0.05) is 11.3 Å². The summed E-state index contributed by atoms with van der Waals surface area (Å²) < 4.78 is 5.22. The predicted octanol–water partition coefficient (Wildman–Crippen LogP) is 2.59. The van der Waals surface area contributed by atoms with Gasteiger partial charge in [-0.2, -0.15) is 0 Å². The Morgan fingerprint density at radius 1 is 0.960 bits per heavy atom. The number of hydrogen-bond acceptors (Lipinski definition) is 4. The van der Waals surface area contributed by atoms with Gasteiger partial charge in [-0.15, -0.1) is 0 Å². The van der Waals surface area contributed by atoms with Crippen molar-refractivity contribution in [1.82, 2.24) is 0 Å². The monoisotopic (exact) mass is 340 g/mol. The lowest BCUT2D eigenvalue weighted by atomic mass is 10.1. The molecule has 0 aliphatic carbocycles. The lowest BCUT2D eigenvalue weighted by Gasteiger charge is -2.14. The molecule has 0 heterocycles. The molecule has 3 N–H and O–H groups in total. The van der Waals surface area contributed by atoms with Gasteiger partial charge in [0.05, 0.1) is 5.56 Å². The minimum atomic E-state index is -0.968. The number of ether oxygens (including phenoxy) is 1. The van der Waals surface area contributed by atoms with Crippen molar-refractivity contribution in [3.63, 3.8) is 0 Å². The zero-order valence-electron chi connectivity index (χ0n) is 14.3. The maximum Gasteiger partial charge on any atom is 0.338 e. The zero-order valence-corrected chi connectivity index (χ0v) is 14.3. The maximum atomic E-state index is 12.2. The molecule has 0 aliphatic rings. The summed E-state index contributed by atoms with van der Waals surface area (Å²) in [7, 11) is 0. The van der Waals surface area contributed by atoms with Crippen molar-refractivity contribution < 1.29 is 19.1 Å². The molecule has 0 unspecified atom stereocenters. The van der Waals surface area contributed by atoms with Gasteiger partial charge in [-0.3, -0.25) is 9.59 Å². The van der Waals surface area contributed by atoms with E-state index in [4.69, 9.17) is 10.5 Å². The zero-order chi connectivity index (χ0) is 18.6. The van der Waals surface area contributed by atoms with Gasteiger partial charge in [-0.05, 0) is 57.2 Å². The number of hydrogen-bond donors (Lipinski definition) is 2. The minimum absolute atomic E-state index is 0.340. The predicted molar refractivity (Wildman–Crippen MR) is 94.4 cm³/mol. The molecule has 0 spiro atoms. The molecule has 6 heteroatoms. The molecule has 0 saturated heterocycles. The number of nitrogens with two attached hydrogens (primary N) is 1. The van der Waals surface area contributed by atoms with E-state index in [1.54, 1.807) is 24.3 Å². The SMILES string of the molecule is Cc1cc(C)cc(C(=O)O[C@@H](C)C(=O)Nc2ccc(C(N)=O)cc2)c1. The number of carbonyl (C=O) groups is 3. The van der Waals surface area contributed by atoms with Crippen molar-refractivity contribution >= 4 is 23.5 Å². The van der Waals surface area contributed by atoms with Crippen LogP contribution in [0.5, 0.6) is 0 Å². The highest BCUT2D eigenvalue weighted by atomic mass is 16.5. The van der Waals surface area contributed by atoms with Gasteiger partial charge in [-0.1, -0.05) is 17.2 Å². The summed E-state index contributed by atoms with van der Waals surface area (Å²) in [5.41, 5.74) is 8.27. The third-order valence-electron chi connectivity index (χ3n) is 3.55. The van der Waals surface area contributed by atoms with Crippen molar-refractivity contribution in [3.8, 4) is 0 Å². The lowest BCUT2D eigenvalue weighted by Crippen LogP contribution is -2.30. The molecule has 130 valence electrons. The molecule has 2 rings (SSSR count). The normalized spacial score (nSPS) is 11.5. The molecule has 2 aromatic rings. The number of primary amides is 1. The van der Waals surface area contributed by atoms with Gasteiger partial charge in [-0.25, -0.2) is 4.79 Å². The summed E-state index contributed by atoms with van der Waals surface area (Å²) in [6.45, 7) is 5.26. The number of carbonyl (C=O) groups excluding carboxylic acids is 3. The quantitative estimate of drug-likeness (QED) is 0.817. The Morgan fingerprint density at radius 2 is 1.52 bits per heavy atom. The Hall–Kier alpha value is -3.15. The van der Waals surface area contributed by atoms with Crippen molar-refractivity contribution in [2.24, 2.45) is 5.73 Å². The van der Waals surface area contributed by atoms with Crippen LogP contribution in [0.2, 0.25) is 0 Å². The largest absolute Gasteiger partial charge is 0.449 e. The second kappa shape index (κ2) is 7.61. The summed E-state index contributed by atoms with van der Waals surface area (Å²) in [5, 5.41) is 2.62. The number of esters is 1. The van der Waals surface area contributed by atoms with Crippen LogP contribution in [0.3, 0.4) is 0 Å². The molecule has 0 bridgehead atoms. The third kappa shape index (κ3) is 4.91. The average Bonchev–Trinajstić information content (AvgIpc) is 2.54. The standard InChI is InChI=1S/C19H20N2O4/c1-11-8-12(2)10-15(9-11)19(24)25-13(3)18(23)21-16-6-4-14(5-7-16)17(20)22/h4-10,13H,1-3H3,(H2,20,22)(H,21,23)/t13-/m0/s1. The van der Waals surface area contributed by atoms with E-state index < -0.39 is 23.9 Å². The summed E-state index contributed by atoms with van der Waals surface area (Å²) >= 11 is 0. The van der Waals surface area contributed by atoms with Crippen LogP contribution in [0, 0.1) is 13.8 Å². The fraction of sp³-hybridized carbons (Fsp3) is 0.211. The topological polar surface area (TPSA) is 98.5 Å². The van der Waals surface area contributed by atoms with E-state index in [1.807, 2.05) is 19.9 Å². The second-order valence-corrected chi connectivity index (χ2v) is 5.85. The maximum absolute atomic E-state index is 12.2. The van der Waals surface area contributed by atoms with Gasteiger partial charge in [0.15, 0.2) is 6.10 Å². The molecule has 0 aliphatic heterocycles. The molecule has 0 radical (unpaired) electrons. The van der Waals surface area contributed by atoms with E-state index in [0.29, 0.717) is 16.8 Å². The Kier molecular flexibility index (Phi) is 5.54. The fourth-order valence-electron chi connectivity index (χ4n) is 2.34. The first kappa shape index (κ1) is 18.2. The minimum Gasteiger partial charge on any atom is -0.449 e. The van der Waals surface area contributed by atoms with Gasteiger partial charge in [0.25, 0.3) is 5.91 Å². The number of aryl methyl sites for hydroxylation is 2. The van der Waals surface area contributed by atoms with Crippen LogP contribution in [0.25, 0.3) is 0 Å². The lowest BCUT2D eigenvalue weighted by molar-refractivity contribution is -0.123. The molecule has 0 fully saturated rings. The first-order chi connectivity index (χ1) is 11.8. The van der Waals surface area contributed by atoms with Crippen LogP contribution >= 0.6 is 0 Å². The van der Waals surface area contributed by atoms with Gasteiger partial charge < -0.3 is 15.8 Å². The van der Waals surface area contributed by atoms with Gasteiger partial charge >= 0.3 is 5.97 Å². The Bertz CT molecular complexity index is 792. The van der Waals surface area contributed by atoms with E-state index >= 15 is 0 Å². The van der Waals surface area contributed by atoms with Crippen molar-refractivity contribution in [3.05, 3.63) is 64.7 Å². The third-order valence-corrected chi connectivity index (χ3v) is 3.55. The molecule has 2 aromatic carbocycles. The van der Waals surface area contributed by atoms with Crippen molar-refractivity contribution in [1.29, 1.82) is 0 Å². The molecule has 2 amide bonds. The van der Waals surface area contributed by atoms with Crippen LogP contribution in [0.15, 0.2) is 42.5 Å². The fourth-order valence-corrected chi connectivity index (χ4v) is 2.34. The smallest absolute Gasteiger partial charge is 0.338 e. The van der Waals surface area contributed by atoms with E-state index in [0.717, 1.165) is 11.1 Å². The molecule has 0 saturated carbocycles. The Morgan fingerprint density at radius 3 is 2.04 bits per heavy atom. The number of anilines is 1. The highest BCUT2D eigenvalue weighted by Crippen LogP contribution is 2.13. The average molecular weight is 340 g/mol. The Labute approximate surface area is 146 Å². The summed E-state index contributed by atoms with van der Waals surface area (Å²) in [6, 6.07) is 11.5. The number of nitrogens with one attached hydrogen (secondary N) is 1. The molecule has 25 heavy (non-hydrogen) atoms. The second-order valence-electron chi connectivity index (χ2n) is 5.85. The number of amides is 2. The number of benzene rings is 2. The van der Waals surface area contributed by atoms with Crippen molar-refractivity contribution in [2.75, 3.05) is 5.32 Å². The summed E-state index contributed by atoms with van der Waals surface area (Å²) in [4.78, 5) is 35.4. The highest BCUT2D eigenvalue weighted by Gasteiger charge is 2.19. The molecule has 1 atom stereocenters. The van der Waals surface area contributed by atoms with E-state index in [1.165, 1.54) is 19.1 Å². The molecular formula is C19H20N2O4. The van der Waals surface area contributed by atoms with Crippen LogP contribution in [-0.4, -0.2) is 23.9 Å². The van der Waals surface area contributed by atoms with Crippen LogP contribution in [-0.2, 0) is 9.53 Å². The summed E-state index contributed by atoms with van der Waals surface area (Å²) in [6.07, 6.45) is -0.968. The van der Waals surface area contributed by atoms with Crippen LogP contribution in [0.4, 0.5) is 5.69 Å². The van der Waals surface area contributed by atoms with Gasteiger partial charge in [0.2, 0.25) is 5.91 Å². The van der Waals surface area contributed by atoms with Crippen molar-refractivity contribution in [2.45, 2.75) is 26.9 Å².